The van der Waals surface area contributed by atoms with Crippen LogP contribution in [0, 0.1) is 0 Å². The maximum atomic E-state index is 8.92. The van der Waals surface area contributed by atoms with Crippen LogP contribution in [-0.2, 0) is 6.42 Å². The molecule has 0 aromatic heterocycles. The van der Waals surface area contributed by atoms with Gasteiger partial charge in [0.25, 0.3) is 0 Å². The van der Waals surface area contributed by atoms with Crippen LogP contribution < -0.4 is 5.73 Å². The van der Waals surface area contributed by atoms with E-state index in [0.29, 0.717) is 6.42 Å². The van der Waals surface area contributed by atoms with Crippen molar-refractivity contribution in [2.75, 3.05) is 6.61 Å². The Balaban J connectivity index is 2.17. The molecule has 1 unspecified atom stereocenters. The fourth-order valence-electron chi connectivity index (χ4n) is 1.87. The van der Waals surface area contributed by atoms with Crippen LogP contribution in [0.3, 0.4) is 0 Å². The molecule has 0 aliphatic carbocycles. The fraction of sp³-hybridized carbons (Fsp3) is 0.200. The highest BCUT2D eigenvalue weighted by atomic mass is 35.5. The Morgan fingerprint density at radius 3 is 2.39 bits per heavy atom. The van der Waals surface area contributed by atoms with Gasteiger partial charge in [-0.05, 0) is 35.2 Å². The minimum absolute atomic E-state index is 0.00996. The molecule has 2 aromatic rings. The van der Waals surface area contributed by atoms with Crippen molar-refractivity contribution in [3.05, 3.63) is 59.1 Å². The van der Waals surface area contributed by atoms with E-state index in [1.54, 1.807) is 0 Å². The van der Waals surface area contributed by atoms with Crippen molar-refractivity contribution in [1.29, 1.82) is 0 Å². The van der Waals surface area contributed by atoms with E-state index >= 15 is 0 Å². The van der Waals surface area contributed by atoms with E-state index in [2.05, 4.69) is 0 Å². The van der Waals surface area contributed by atoms with Crippen LogP contribution in [0.15, 0.2) is 48.5 Å². The highest BCUT2D eigenvalue weighted by Crippen LogP contribution is 2.23. The van der Waals surface area contributed by atoms with Crippen molar-refractivity contribution in [2.45, 2.75) is 12.5 Å². The highest BCUT2D eigenvalue weighted by molar-refractivity contribution is 6.30. The number of hydrogen-bond donors (Lipinski definition) is 2. The van der Waals surface area contributed by atoms with Gasteiger partial charge in [-0.1, -0.05) is 48.0 Å². The van der Waals surface area contributed by atoms with Crippen LogP contribution in [-0.4, -0.2) is 17.8 Å². The lowest BCUT2D eigenvalue weighted by atomic mass is 10.0. The molecule has 18 heavy (non-hydrogen) atoms. The Bertz CT molecular complexity index is 510. The monoisotopic (exact) mass is 261 g/mol. The minimum atomic E-state index is -0.193. The first-order valence-corrected chi connectivity index (χ1v) is 6.28. The summed E-state index contributed by atoms with van der Waals surface area (Å²) in [5.74, 6) is 0. The molecule has 0 radical (unpaired) electrons. The lowest BCUT2D eigenvalue weighted by molar-refractivity contribution is 0.265. The normalized spacial score (nSPS) is 12.4. The molecule has 1 atom stereocenters. The maximum Gasteiger partial charge on any atom is 0.0585 e. The molecular weight excluding hydrogens is 246 g/mol. The molecule has 94 valence electrons. The van der Waals surface area contributed by atoms with E-state index in [1.807, 2.05) is 48.5 Å². The standard InChI is InChI=1S/C15H16ClNO/c16-14-3-1-2-13(9-14)12-6-4-11(5-7-12)8-15(17)10-18/h1-7,9,15,18H,8,10,17H2. The SMILES string of the molecule is NC(CO)Cc1ccc(-c2cccc(Cl)c2)cc1. The largest absolute Gasteiger partial charge is 0.395 e. The van der Waals surface area contributed by atoms with E-state index in [9.17, 15) is 0 Å². The van der Waals surface area contributed by atoms with Crippen molar-refractivity contribution in [3.8, 4) is 11.1 Å². The quantitative estimate of drug-likeness (QED) is 0.889. The molecule has 0 fully saturated rings. The van der Waals surface area contributed by atoms with Gasteiger partial charge in [0.15, 0.2) is 0 Å². The molecule has 2 aromatic carbocycles. The molecule has 2 rings (SSSR count). The highest BCUT2D eigenvalue weighted by Gasteiger charge is 2.03. The second-order valence-electron chi connectivity index (χ2n) is 4.35. The summed E-state index contributed by atoms with van der Waals surface area (Å²) >= 11 is 5.97. The first-order valence-electron chi connectivity index (χ1n) is 5.90. The molecule has 0 saturated carbocycles. The molecule has 2 nitrogen and oxygen atoms in total. The first-order chi connectivity index (χ1) is 8.69. The molecule has 0 saturated heterocycles. The number of rotatable bonds is 4. The summed E-state index contributed by atoms with van der Waals surface area (Å²) in [5, 5.41) is 9.65. The van der Waals surface area contributed by atoms with Gasteiger partial charge in [0.05, 0.1) is 6.61 Å². The molecular formula is C15H16ClNO. The van der Waals surface area contributed by atoms with Gasteiger partial charge in [-0.15, -0.1) is 0 Å². The predicted octanol–water partition coefficient (Wildman–Crippen LogP) is 2.87. The fourth-order valence-corrected chi connectivity index (χ4v) is 2.06. The third-order valence-electron chi connectivity index (χ3n) is 2.84. The second-order valence-corrected chi connectivity index (χ2v) is 4.79. The number of halogens is 1. The van der Waals surface area contributed by atoms with Crippen LogP contribution in [0.1, 0.15) is 5.56 Å². The third kappa shape index (κ3) is 3.33. The Hall–Kier alpha value is -1.35. The van der Waals surface area contributed by atoms with E-state index in [1.165, 1.54) is 0 Å². The minimum Gasteiger partial charge on any atom is -0.395 e. The van der Waals surface area contributed by atoms with Gasteiger partial charge in [0.2, 0.25) is 0 Å². The Kier molecular flexibility index (Phi) is 4.37. The maximum absolute atomic E-state index is 8.92. The third-order valence-corrected chi connectivity index (χ3v) is 3.08. The predicted molar refractivity (Wildman–Crippen MR) is 75.7 cm³/mol. The van der Waals surface area contributed by atoms with Crippen LogP contribution in [0.5, 0.6) is 0 Å². The molecule has 0 aliphatic rings. The number of nitrogens with two attached hydrogens (primary N) is 1. The molecule has 3 N–H and O–H groups in total. The summed E-state index contributed by atoms with van der Waals surface area (Å²) in [6.07, 6.45) is 0.687. The van der Waals surface area contributed by atoms with Crippen LogP contribution >= 0.6 is 11.6 Å². The van der Waals surface area contributed by atoms with Crippen LogP contribution in [0.4, 0.5) is 0 Å². The average Bonchev–Trinajstić information content (AvgIpc) is 2.39. The van der Waals surface area contributed by atoms with Gasteiger partial charge in [-0.2, -0.15) is 0 Å². The van der Waals surface area contributed by atoms with E-state index in [4.69, 9.17) is 22.4 Å². The molecule has 0 bridgehead atoms. The smallest absolute Gasteiger partial charge is 0.0585 e. The van der Waals surface area contributed by atoms with Crippen molar-refractivity contribution in [1.82, 2.24) is 0 Å². The van der Waals surface area contributed by atoms with Gasteiger partial charge in [-0.25, -0.2) is 0 Å². The summed E-state index contributed by atoms with van der Waals surface area (Å²) in [6, 6.07) is 15.7. The van der Waals surface area contributed by atoms with E-state index in [-0.39, 0.29) is 12.6 Å². The lowest BCUT2D eigenvalue weighted by Crippen LogP contribution is -2.26. The average molecular weight is 262 g/mol. The number of hydrogen-bond acceptors (Lipinski definition) is 2. The summed E-state index contributed by atoms with van der Waals surface area (Å²) in [7, 11) is 0. The molecule has 3 heteroatoms. The van der Waals surface area contributed by atoms with Gasteiger partial charge in [0, 0.05) is 11.1 Å². The van der Waals surface area contributed by atoms with Gasteiger partial charge in [0.1, 0.15) is 0 Å². The summed E-state index contributed by atoms with van der Waals surface area (Å²) < 4.78 is 0. The summed E-state index contributed by atoms with van der Waals surface area (Å²) in [6.45, 7) is 0.00996. The van der Waals surface area contributed by atoms with Gasteiger partial charge < -0.3 is 10.8 Å². The molecule has 0 aliphatic heterocycles. The topological polar surface area (TPSA) is 46.2 Å². The zero-order valence-corrected chi connectivity index (χ0v) is 10.8. The zero-order valence-electron chi connectivity index (χ0n) is 10.0. The van der Waals surface area contributed by atoms with Crippen molar-refractivity contribution in [2.24, 2.45) is 5.73 Å². The Morgan fingerprint density at radius 1 is 1.06 bits per heavy atom. The Labute approximate surface area is 112 Å². The van der Waals surface area contributed by atoms with Crippen LogP contribution in [0.2, 0.25) is 5.02 Å². The van der Waals surface area contributed by atoms with Crippen molar-refractivity contribution < 1.29 is 5.11 Å². The molecule has 0 spiro atoms. The van der Waals surface area contributed by atoms with E-state index < -0.39 is 0 Å². The lowest BCUT2D eigenvalue weighted by Gasteiger charge is -2.09. The number of aliphatic hydroxyl groups excluding tert-OH is 1. The summed E-state index contributed by atoms with van der Waals surface area (Å²) in [5.41, 5.74) is 9.06. The van der Waals surface area contributed by atoms with Crippen molar-refractivity contribution in [3.63, 3.8) is 0 Å². The van der Waals surface area contributed by atoms with Gasteiger partial charge in [-0.3, -0.25) is 0 Å². The molecule has 0 heterocycles. The number of aliphatic hydroxyl groups is 1. The second kappa shape index (κ2) is 6.01. The van der Waals surface area contributed by atoms with Crippen LogP contribution in [0.25, 0.3) is 11.1 Å². The first kappa shape index (κ1) is 13.1. The Morgan fingerprint density at radius 2 is 1.78 bits per heavy atom. The summed E-state index contributed by atoms with van der Waals surface area (Å²) in [4.78, 5) is 0. The number of benzene rings is 2. The van der Waals surface area contributed by atoms with Gasteiger partial charge >= 0.3 is 0 Å². The van der Waals surface area contributed by atoms with Crippen molar-refractivity contribution >= 4 is 11.6 Å². The molecule has 0 amide bonds. The zero-order chi connectivity index (χ0) is 13.0. The van der Waals surface area contributed by atoms with E-state index in [0.717, 1.165) is 21.7 Å².